The number of nitrogens with one attached hydrogen (secondary N) is 2. The molecule has 1 heterocycles. The number of rotatable bonds is 7. The van der Waals surface area contributed by atoms with Crippen LogP contribution in [0.5, 0.6) is 0 Å². The van der Waals surface area contributed by atoms with Gasteiger partial charge in [-0.1, -0.05) is 0 Å². The van der Waals surface area contributed by atoms with Crippen LogP contribution in [0.2, 0.25) is 0 Å². The predicted octanol–water partition coefficient (Wildman–Crippen LogP) is -0.0460. The second-order valence-electron chi connectivity index (χ2n) is 3.43. The summed E-state index contributed by atoms with van der Waals surface area (Å²) >= 11 is 0. The van der Waals surface area contributed by atoms with Crippen molar-refractivity contribution >= 4 is 15.9 Å². The fourth-order valence-corrected chi connectivity index (χ4v) is 1.84. The van der Waals surface area contributed by atoms with Gasteiger partial charge in [-0.3, -0.25) is 4.79 Å². The molecule has 1 aromatic rings. The van der Waals surface area contributed by atoms with Gasteiger partial charge in [-0.15, -0.1) is 0 Å². The molecule has 0 spiro atoms. The third-order valence-electron chi connectivity index (χ3n) is 2.15. The molecule has 8 heteroatoms. The van der Waals surface area contributed by atoms with Crippen LogP contribution in [-0.4, -0.2) is 41.6 Å². The molecule has 7 nitrogen and oxygen atoms in total. The minimum absolute atomic E-state index is 0.0405. The molecule has 0 aliphatic heterocycles. The first kappa shape index (κ1) is 14.7. The first-order chi connectivity index (χ1) is 8.51. The monoisotopic (exact) mass is 276 g/mol. The molecule has 18 heavy (non-hydrogen) atoms. The van der Waals surface area contributed by atoms with Crippen molar-refractivity contribution in [1.29, 1.82) is 0 Å². The van der Waals surface area contributed by atoms with Gasteiger partial charge in [-0.05, 0) is 25.6 Å². The van der Waals surface area contributed by atoms with Gasteiger partial charge in [0.05, 0.1) is 0 Å². The van der Waals surface area contributed by atoms with Gasteiger partial charge in [0.15, 0.2) is 5.76 Å². The van der Waals surface area contributed by atoms with Gasteiger partial charge in [0.2, 0.25) is 5.09 Å². The molecule has 2 N–H and O–H groups in total. The Balaban J connectivity index is 2.60. The molecule has 0 radical (unpaired) electrons. The number of hydrogen-bond acceptors (Lipinski definition) is 5. The molecule has 0 unspecified atom stereocenters. The number of furan rings is 1. The van der Waals surface area contributed by atoms with Crippen LogP contribution in [0.25, 0.3) is 0 Å². The van der Waals surface area contributed by atoms with Gasteiger partial charge >= 0.3 is 0 Å². The Morgan fingerprint density at radius 1 is 1.44 bits per heavy atom. The van der Waals surface area contributed by atoms with E-state index in [2.05, 4.69) is 10.0 Å². The van der Waals surface area contributed by atoms with Crippen molar-refractivity contribution < 1.29 is 22.4 Å². The lowest BCUT2D eigenvalue weighted by Crippen LogP contribution is -2.24. The maximum absolute atomic E-state index is 11.6. The molecular formula is C10H16N2O5S. The van der Waals surface area contributed by atoms with Crippen molar-refractivity contribution in [2.24, 2.45) is 0 Å². The van der Waals surface area contributed by atoms with Crippen LogP contribution in [0.1, 0.15) is 17.0 Å². The summed E-state index contributed by atoms with van der Waals surface area (Å²) in [5, 5.41) is 2.30. The molecule has 0 aliphatic carbocycles. The van der Waals surface area contributed by atoms with Crippen molar-refractivity contribution in [3.05, 3.63) is 17.9 Å². The van der Waals surface area contributed by atoms with E-state index in [1.54, 1.807) is 7.11 Å². The molecule has 0 saturated carbocycles. The Bertz CT molecular complexity index is 494. The second kappa shape index (κ2) is 6.53. The predicted molar refractivity (Wildman–Crippen MR) is 63.8 cm³/mol. The Morgan fingerprint density at radius 2 is 2.17 bits per heavy atom. The van der Waals surface area contributed by atoms with E-state index in [9.17, 15) is 13.2 Å². The molecule has 1 amide bonds. The summed E-state index contributed by atoms with van der Waals surface area (Å²) in [6.07, 6.45) is 0.671. The van der Waals surface area contributed by atoms with Crippen LogP contribution in [0.3, 0.4) is 0 Å². The Morgan fingerprint density at radius 3 is 2.78 bits per heavy atom. The van der Waals surface area contributed by atoms with Crippen LogP contribution in [0, 0.1) is 0 Å². The second-order valence-corrected chi connectivity index (χ2v) is 5.25. The number of carbonyl (C=O) groups excluding carboxylic acids is 1. The Kier molecular flexibility index (Phi) is 5.32. The van der Waals surface area contributed by atoms with E-state index < -0.39 is 15.9 Å². The van der Waals surface area contributed by atoms with Crippen molar-refractivity contribution in [2.75, 3.05) is 27.3 Å². The number of sulfonamides is 1. The zero-order valence-corrected chi connectivity index (χ0v) is 11.0. The summed E-state index contributed by atoms with van der Waals surface area (Å²) in [6.45, 7) is 0.972. The number of hydrogen-bond donors (Lipinski definition) is 2. The lowest BCUT2D eigenvalue weighted by molar-refractivity contribution is 0.0915. The van der Waals surface area contributed by atoms with Crippen molar-refractivity contribution in [1.82, 2.24) is 10.0 Å². The van der Waals surface area contributed by atoms with Crippen LogP contribution >= 0.6 is 0 Å². The van der Waals surface area contributed by atoms with Gasteiger partial charge in [-0.2, -0.15) is 0 Å². The summed E-state index contributed by atoms with van der Waals surface area (Å²) in [7, 11) is -0.818. The average Bonchev–Trinajstić information content (AvgIpc) is 2.84. The van der Waals surface area contributed by atoms with Crippen molar-refractivity contribution in [2.45, 2.75) is 11.5 Å². The molecule has 102 valence electrons. The van der Waals surface area contributed by atoms with Crippen LogP contribution in [-0.2, 0) is 14.8 Å². The van der Waals surface area contributed by atoms with Crippen LogP contribution in [0.4, 0.5) is 0 Å². The minimum Gasteiger partial charge on any atom is -0.438 e. The number of amides is 1. The standard InChI is InChI=1S/C10H16N2O5S/c1-11-18(14,15)9-5-4-8(17-9)10(13)12-6-3-7-16-2/h4-5,11H,3,6-7H2,1-2H3,(H,12,13). The van der Waals surface area contributed by atoms with E-state index >= 15 is 0 Å². The van der Waals surface area contributed by atoms with E-state index in [1.807, 2.05) is 0 Å². The summed E-state index contributed by atoms with van der Waals surface area (Å²) in [5.41, 5.74) is 0. The van der Waals surface area contributed by atoms with Crippen molar-refractivity contribution in [3.63, 3.8) is 0 Å². The molecule has 0 aliphatic rings. The highest BCUT2D eigenvalue weighted by Crippen LogP contribution is 2.13. The Hall–Kier alpha value is -1.38. The van der Waals surface area contributed by atoms with E-state index in [0.717, 1.165) is 0 Å². The lowest BCUT2D eigenvalue weighted by atomic mass is 10.4. The summed E-state index contributed by atoms with van der Waals surface area (Å²) in [6, 6.07) is 2.55. The maximum Gasteiger partial charge on any atom is 0.287 e. The highest BCUT2D eigenvalue weighted by molar-refractivity contribution is 7.89. The molecule has 0 fully saturated rings. The molecule has 0 saturated heterocycles. The van der Waals surface area contributed by atoms with Gasteiger partial charge in [-0.25, -0.2) is 13.1 Å². The molecule has 1 aromatic heterocycles. The molecule has 0 atom stereocenters. The van der Waals surface area contributed by atoms with E-state index in [0.29, 0.717) is 19.6 Å². The quantitative estimate of drug-likeness (QED) is 0.681. The number of methoxy groups -OCH3 is 1. The highest BCUT2D eigenvalue weighted by atomic mass is 32.2. The first-order valence-electron chi connectivity index (χ1n) is 5.32. The number of ether oxygens (including phenoxy) is 1. The zero-order valence-electron chi connectivity index (χ0n) is 10.2. The molecule has 0 aromatic carbocycles. The normalized spacial score (nSPS) is 11.4. The first-order valence-corrected chi connectivity index (χ1v) is 6.80. The third-order valence-corrected chi connectivity index (χ3v) is 3.44. The van der Waals surface area contributed by atoms with Gasteiger partial charge in [0.25, 0.3) is 15.9 Å². The zero-order chi connectivity index (χ0) is 13.6. The largest absolute Gasteiger partial charge is 0.438 e. The lowest BCUT2D eigenvalue weighted by Gasteiger charge is -2.02. The summed E-state index contributed by atoms with van der Waals surface area (Å²) < 4.78 is 34.7. The summed E-state index contributed by atoms with van der Waals surface area (Å²) in [4.78, 5) is 11.6. The SMILES string of the molecule is CNS(=O)(=O)c1ccc(C(=O)NCCCOC)o1. The van der Waals surface area contributed by atoms with Gasteiger partial charge < -0.3 is 14.5 Å². The summed E-state index contributed by atoms with van der Waals surface area (Å²) in [5.74, 6) is -0.495. The average molecular weight is 276 g/mol. The molecular weight excluding hydrogens is 260 g/mol. The highest BCUT2D eigenvalue weighted by Gasteiger charge is 2.19. The van der Waals surface area contributed by atoms with Crippen LogP contribution < -0.4 is 10.0 Å². The van der Waals surface area contributed by atoms with E-state index in [4.69, 9.17) is 9.15 Å². The third kappa shape index (κ3) is 3.83. The minimum atomic E-state index is -3.66. The van der Waals surface area contributed by atoms with Crippen LogP contribution in [0.15, 0.2) is 21.6 Å². The fraction of sp³-hybridized carbons (Fsp3) is 0.500. The molecule has 1 rings (SSSR count). The Labute approximate surface area is 106 Å². The maximum atomic E-state index is 11.6. The fourth-order valence-electron chi connectivity index (χ4n) is 1.19. The van der Waals surface area contributed by atoms with Crippen molar-refractivity contribution in [3.8, 4) is 0 Å². The van der Waals surface area contributed by atoms with Gasteiger partial charge in [0.1, 0.15) is 0 Å². The molecule has 0 bridgehead atoms. The number of carbonyl (C=O) groups is 1. The topological polar surface area (TPSA) is 97.6 Å². The van der Waals surface area contributed by atoms with E-state index in [1.165, 1.54) is 19.2 Å². The smallest absolute Gasteiger partial charge is 0.287 e. The van der Waals surface area contributed by atoms with Gasteiger partial charge in [0, 0.05) is 20.3 Å². The van der Waals surface area contributed by atoms with E-state index in [-0.39, 0.29) is 10.9 Å².